The first-order chi connectivity index (χ1) is 10.9. The molecule has 4 rings (SSSR count). The Hall–Kier alpha value is -0.910. The molecule has 2 saturated carbocycles. The average Bonchev–Trinajstić information content (AvgIpc) is 2.97. The van der Waals surface area contributed by atoms with Crippen LogP contribution in [-0.4, -0.2) is 42.8 Å². The fraction of sp³-hybridized carbons (Fsp3) is 0.833. The maximum Gasteiger partial charge on any atom is 0.313 e. The highest BCUT2D eigenvalue weighted by Crippen LogP contribution is 2.79. The highest BCUT2D eigenvalue weighted by atomic mass is 16.7. The predicted molar refractivity (Wildman–Crippen MR) is 82.3 cm³/mol. The van der Waals surface area contributed by atoms with Crippen LogP contribution in [0.2, 0.25) is 0 Å². The Morgan fingerprint density at radius 2 is 1.96 bits per heavy atom. The summed E-state index contributed by atoms with van der Waals surface area (Å²) in [5.41, 5.74) is -0.519. The van der Waals surface area contributed by atoms with E-state index in [4.69, 9.17) is 14.2 Å². The van der Waals surface area contributed by atoms with Gasteiger partial charge in [0.15, 0.2) is 5.79 Å². The van der Waals surface area contributed by atoms with E-state index in [0.717, 1.165) is 12.8 Å². The van der Waals surface area contributed by atoms with E-state index in [-0.39, 0.29) is 29.1 Å². The van der Waals surface area contributed by atoms with Crippen molar-refractivity contribution in [3.8, 4) is 0 Å². The van der Waals surface area contributed by atoms with Crippen molar-refractivity contribution in [3.63, 3.8) is 0 Å². The number of carbonyl (C=O) groups is 1. The van der Waals surface area contributed by atoms with E-state index >= 15 is 0 Å². The minimum atomic E-state index is -0.829. The van der Waals surface area contributed by atoms with Crippen molar-refractivity contribution in [2.75, 3.05) is 19.8 Å². The van der Waals surface area contributed by atoms with Crippen molar-refractivity contribution in [2.24, 2.45) is 28.6 Å². The van der Waals surface area contributed by atoms with Crippen LogP contribution < -0.4 is 0 Å². The second kappa shape index (κ2) is 4.80. The van der Waals surface area contributed by atoms with E-state index in [1.807, 2.05) is 13.0 Å². The van der Waals surface area contributed by atoms with Crippen molar-refractivity contribution in [3.05, 3.63) is 12.2 Å². The van der Waals surface area contributed by atoms with Gasteiger partial charge in [-0.1, -0.05) is 26.0 Å². The van der Waals surface area contributed by atoms with Crippen LogP contribution in [0.15, 0.2) is 12.2 Å². The van der Waals surface area contributed by atoms with Gasteiger partial charge in [0.2, 0.25) is 0 Å². The standard InChI is InChI=1S/C18H26O5/c1-4-21-15(20)12-7-5-11-6-8-13(19)17(11)14(12)18(17)22-9-16(2,3)10-23-18/h5,7,11-14,19H,4,6,8-10H2,1-3H3/t11-,12-,13+,14+,17+/m0/s1. The zero-order valence-corrected chi connectivity index (χ0v) is 14.1. The number of aliphatic hydroxyl groups excluding tert-OH is 1. The van der Waals surface area contributed by atoms with Crippen LogP contribution in [0.25, 0.3) is 0 Å². The Balaban J connectivity index is 1.70. The zero-order chi connectivity index (χ0) is 16.5. The molecule has 3 aliphatic carbocycles. The predicted octanol–water partition coefficient (Wildman–Crippen LogP) is 1.89. The second-order valence-electron chi connectivity index (χ2n) is 8.18. The average molecular weight is 322 g/mol. The molecule has 4 aliphatic rings. The molecule has 0 aromatic heterocycles. The van der Waals surface area contributed by atoms with Crippen LogP contribution >= 0.6 is 0 Å². The van der Waals surface area contributed by atoms with Gasteiger partial charge in [0.1, 0.15) is 0 Å². The summed E-state index contributed by atoms with van der Waals surface area (Å²) in [6, 6.07) is 0. The fourth-order valence-corrected chi connectivity index (χ4v) is 5.21. The third-order valence-corrected chi connectivity index (χ3v) is 6.18. The molecule has 1 N–H and O–H groups in total. The third kappa shape index (κ3) is 1.81. The molecule has 1 saturated heterocycles. The Labute approximate surface area is 137 Å². The molecule has 5 nitrogen and oxygen atoms in total. The van der Waals surface area contributed by atoms with E-state index in [0.29, 0.717) is 19.8 Å². The van der Waals surface area contributed by atoms with E-state index in [9.17, 15) is 9.90 Å². The van der Waals surface area contributed by atoms with Gasteiger partial charge in [0.25, 0.3) is 0 Å². The first kappa shape index (κ1) is 15.6. The number of aliphatic hydroxyl groups is 1. The number of ether oxygens (including phenoxy) is 3. The summed E-state index contributed by atoms with van der Waals surface area (Å²) >= 11 is 0. The summed E-state index contributed by atoms with van der Waals surface area (Å²) in [4.78, 5) is 12.4. The molecular weight excluding hydrogens is 296 g/mol. The van der Waals surface area contributed by atoms with E-state index in [1.54, 1.807) is 0 Å². The molecule has 0 amide bonds. The molecule has 3 fully saturated rings. The van der Waals surface area contributed by atoms with Crippen LogP contribution in [0.1, 0.15) is 33.6 Å². The summed E-state index contributed by atoms with van der Waals surface area (Å²) in [6.07, 6.45) is 5.20. The minimum absolute atomic E-state index is 0.0421. The van der Waals surface area contributed by atoms with Gasteiger partial charge in [-0.05, 0) is 25.7 Å². The molecule has 0 bridgehead atoms. The molecule has 0 radical (unpaired) electrons. The summed E-state index contributed by atoms with van der Waals surface area (Å²) < 4.78 is 17.7. The molecule has 23 heavy (non-hydrogen) atoms. The Kier molecular flexibility index (Phi) is 3.26. The molecular formula is C18H26O5. The summed E-state index contributed by atoms with van der Waals surface area (Å²) in [5.74, 6) is -1.38. The topological polar surface area (TPSA) is 65.0 Å². The second-order valence-corrected chi connectivity index (χ2v) is 8.18. The van der Waals surface area contributed by atoms with Gasteiger partial charge in [-0.2, -0.15) is 0 Å². The summed E-state index contributed by atoms with van der Waals surface area (Å²) in [7, 11) is 0. The molecule has 5 atom stereocenters. The summed E-state index contributed by atoms with van der Waals surface area (Å²) in [5, 5.41) is 10.8. The number of esters is 1. The lowest BCUT2D eigenvalue weighted by Crippen LogP contribution is -2.45. The highest BCUT2D eigenvalue weighted by molar-refractivity contribution is 5.77. The van der Waals surface area contributed by atoms with Crippen LogP contribution in [0.5, 0.6) is 0 Å². The number of hydrogen-bond acceptors (Lipinski definition) is 5. The van der Waals surface area contributed by atoms with Gasteiger partial charge in [0.05, 0.1) is 37.3 Å². The van der Waals surface area contributed by atoms with E-state index in [1.165, 1.54) is 0 Å². The van der Waals surface area contributed by atoms with Gasteiger partial charge in [-0.25, -0.2) is 0 Å². The lowest BCUT2D eigenvalue weighted by Gasteiger charge is -2.38. The van der Waals surface area contributed by atoms with Gasteiger partial charge >= 0.3 is 5.97 Å². The number of allylic oxidation sites excluding steroid dienone is 1. The van der Waals surface area contributed by atoms with Crippen LogP contribution in [0.3, 0.4) is 0 Å². The maximum absolute atomic E-state index is 12.4. The van der Waals surface area contributed by atoms with Crippen LogP contribution in [-0.2, 0) is 19.0 Å². The molecule has 5 heteroatoms. The number of rotatable bonds is 2. The van der Waals surface area contributed by atoms with Crippen molar-refractivity contribution in [1.82, 2.24) is 0 Å². The van der Waals surface area contributed by atoms with Crippen LogP contribution in [0, 0.1) is 28.6 Å². The Morgan fingerprint density at radius 1 is 1.26 bits per heavy atom. The van der Waals surface area contributed by atoms with Gasteiger partial charge < -0.3 is 19.3 Å². The SMILES string of the molecule is CCOC(=O)[C@H]1C=C[C@H]2CC[C@@H](O)[C@@]23[C@@H]1C31OCC(C)(C)CO1. The molecule has 0 aromatic rings. The van der Waals surface area contributed by atoms with Gasteiger partial charge in [-0.15, -0.1) is 0 Å². The lowest BCUT2D eigenvalue weighted by molar-refractivity contribution is -0.273. The molecule has 0 aromatic carbocycles. The third-order valence-electron chi connectivity index (χ3n) is 6.18. The van der Waals surface area contributed by atoms with E-state index < -0.39 is 17.3 Å². The molecule has 2 spiro atoms. The number of hydrogen-bond donors (Lipinski definition) is 1. The van der Waals surface area contributed by atoms with Crippen LogP contribution in [0.4, 0.5) is 0 Å². The summed E-state index contributed by atoms with van der Waals surface area (Å²) in [6.45, 7) is 7.55. The minimum Gasteiger partial charge on any atom is -0.466 e. The molecule has 128 valence electrons. The van der Waals surface area contributed by atoms with Crippen molar-refractivity contribution >= 4 is 5.97 Å². The Morgan fingerprint density at radius 3 is 2.61 bits per heavy atom. The lowest BCUT2D eigenvalue weighted by atomic mass is 9.79. The highest BCUT2D eigenvalue weighted by Gasteiger charge is 2.89. The van der Waals surface area contributed by atoms with Crippen molar-refractivity contribution < 1.29 is 24.1 Å². The van der Waals surface area contributed by atoms with Crippen molar-refractivity contribution in [1.29, 1.82) is 0 Å². The quantitative estimate of drug-likeness (QED) is 0.621. The molecule has 1 aliphatic heterocycles. The maximum atomic E-state index is 12.4. The first-order valence-corrected chi connectivity index (χ1v) is 8.70. The Bertz CT molecular complexity index is 544. The molecule has 1 heterocycles. The molecule has 0 unspecified atom stereocenters. The largest absolute Gasteiger partial charge is 0.466 e. The fourth-order valence-electron chi connectivity index (χ4n) is 5.21. The number of carbonyl (C=O) groups excluding carboxylic acids is 1. The van der Waals surface area contributed by atoms with E-state index in [2.05, 4.69) is 19.9 Å². The smallest absolute Gasteiger partial charge is 0.313 e. The van der Waals surface area contributed by atoms with Gasteiger partial charge in [0, 0.05) is 11.3 Å². The number of fused-ring (bicyclic) bond motifs is 1. The van der Waals surface area contributed by atoms with Crippen molar-refractivity contribution in [2.45, 2.75) is 45.5 Å². The first-order valence-electron chi connectivity index (χ1n) is 8.70. The monoisotopic (exact) mass is 322 g/mol. The van der Waals surface area contributed by atoms with Gasteiger partial charge in [-0.3, -0.25) is 4.79 Å². The zero-order valence-electron chi connectivity index (χ0n) is 14.1. The normalized spacial score (nSPS) is 45.4.